The van der Waals surface area contributed by atoms with Gasteiger partial charge in [-0.2, -0.15) is 5.01 Å². The number of ether oxygens (including phenoxy) is 1. The van der Waals surface area contributed by atoms with Crippen LogP contribution in [0.3, 0.4) is 0 Å². The topological polar surface area (TPSA) is 105 Å². The first kappa shape index (κ1) is 21.0. The Hall–Kier alpha value is -3.75. The zero-order valence-electron chi connectivity index (χ0n) is 16.4. The monoisotopic (exact) mass is 413 g/mol. The summed E-state index contributed by atoms with van der Waals surface area (Å²) in [6, 6.07) is 11.6. The number of hydrazine groups is 1. The van der Waals surface area contributed by atoms with Crippen LogP contribution in [-0.4, -0.2) is 35.4 Å². The van der Waals surface area contributed by atoms with Crippen LogP contribution in [0.1, 0.15) is 34.8 Å². The predicted molar refractivity (Wildman–Crippen MR) is 103 cm³/mol. The first-order valence-corrected chi connectivity index (χ1v) is 9.23. The van der Waals surface area contributed by atoms with Crippen molar-refractivity contribution in [3.63, 3.8) is 0 Å². The molecule has 1 aliphatic rings. The van der Waals surface area contributed by atoms with E-state index in [0.29, 0.717) is 16.1 Å². The number of nitrogens with one attached hydrogen (secondary N) is 2. The van der Waals surface area contributed by atoms with Crippen LogP contribution in [-0.2, 0) is 19.9 Å². The number of benzene rings is 2. The molecule has 0 bridgehead atoms. The number of carbonyl (C=O) groups excluding carboxylic acids is 4. The largest absolute Gasteiger partial charge is 0.452 e. The van der Waals surface area contributed by atoms with Gasteiger partial charge in [0.25, 0.3) is 11.8 Å². The number of urea groups is 1. The minimum atomic E-state index is -1.30. The van der Waals surface area contributed by atoms with Crippen molar-refractivity contribution in [1.29, 1.82) is 0 Å². The van der Waals surface area contributed by atoms with E-state index in [1.54, 1.807) is 44.2 Å². The molecule has 1 fully saturated rings. The number of esters is 1. The first-order valence-electron chi connectivity index (χ1n) is 9.23. The Morgan fingerprint density at radius 3 is 2.50 bits per heavy atom. The van der Waals surface area contributed by atoms with Gasteiger partial charge in [-0.3, -0.25) is 15.0 Å². The second-order valence-corrected chi connectivity index (χ2v) is 6.77. The molecule has 0 spiro atoms. The third-order valence-corrected chi connectivity index (χ3v) is 4.87. The highest BCUT2D eigenvalue weighted by molar-refractivity contribution is 6.08. The standard InChI is InChI=1S/C21H20FN3O5/c1-3-21(15-7-5-4-6-8-15)19(28)25(20(29)23-21)24-17(26)12-30-18(27)14-10-9-13(2)16(22)11-14/h4-11H,3,12H2,1-2H3,(H,23,29)(H,24,26)/t21-/m0/s1. The van der Waals surface area contributed by atoms with Crippen molar-refractivity contribution in [2.75, 3.05) is 6.61 Å². The minimum absolute atomic E-state index is 0.0602. The SMILES string of the molecule is CC[C@@]1(c2ccccc2)NC(=O)N(NC(=O)COC(=O)c2ccc(C)c(F)c2)C1=O. The second-order valence-electron chi connectivity index (χ2n) is 6.77. The first-order chi connectivity index (χ1) is 14.3. The Kier molecular flexibility index (Phi) is 5.81. The van der Waals surface area contributed by atoms with Crippen LogP contribution >= 0.6 is 0 Å². The van der Waals surface area contributed by atoms with Gasteiger partial charge in [0.2, 0.25) is 0 Å². The van der Waals surface area contributed by atoms with E-state index < -0.39 is 41.8 Å². The van der Waals surface area contributed by atoms with Gasteiger partial charge < -0.3 is 10.1 Å². The number of halogens is 1. The highest BCUT2D eigenvalue weighted by Gasteiger charge is 2.52. The number of rotatable bonds is 6. The maximum Gasteiger partial charge on any atom is 0.344 e. The number of hydrogen-bond donors (Lipinski definition) is 2. The number of carbonyl (C=O) groups is 4. The summed E-state index contributed by atoms with van der Waals surface area (Å²) in [4.78, 5) is 49.4. The number of aryl methyl sites for hydroxylation is 1. The summed E-state index contributed by atoms with van der Waals surface area (Å²) in [6.07, 6.45) is 0.266. The summed E-state index contributed by atoms with van der Waals surface area (Å²) in [5.74, 6) is -3.03. The summed E-state index contributed by atoms with van der Waals surface area (Å²) in [5, 5.41) is 3.18. The fourth-order valence-electron chi connectivity index (χ4n) is 3.13. The highest BCUT2D eigenvalue weighted by Crippen LogP contribution is 2.31. The van der Waals surface area contributed by atoms with Gasteiger partial charge in [-0.1, -0.05) is 43.3 Å². The Labute approximate surface area is 172 Å². The Morgan fingerprint density at radius 2 is 1.87 bits per heavy atom. The van der Waals surface area contributed by atoms with Crippen molar-refractivity contribution in [1.82, 2.24) is 15.8 Å². The average molecular weight is 413 g/mol. The quantitative estimate of drug-likeness (QED) is 0.558. The summed E-state index contributed by atoms with van der Waals surface area (Å²) in [6.45, 7) is 2.52. The molecule has 9 heteroatoms. The van der Waals surface area contributed by atoms with E-state index in [1.807, 2.05) is 0 Å². The van der Waals surface area contributed by atoms with Crippen molar-refractivity contribution in [2.45, 2.75) is 25.8 Å². The van der Waals surface area contributed by atoms with Crippen molar-refractivity contribution in [2.24, 2.45) is 0 Å². The van der Waals surface area contributed by atoms with Gasteiger partial charge in [0.1, 0.15) is 11.4 Å². The molecule has 30 heavy (non-hydrogen) atoms. The van der Waals surface area contributed by atoms with Crippen LogP contribution in [0.25, 0.3) is 0 Å². The molecule has 156 valence electrons. The highest BCUT2D eigenvalue weighted by atomic mass is 19.1. The zero-order valence-corrected chi connectivity index (χ0v) is 16.4. The van der Waals surface area contributed by atoms with Crippen molar-refractivity contribution in [3.05, 3.63) is 71.0 Å². The predicted octanol–water partition coefficient (Wildman–Crippen LogP) is 2.18. The van der Waals surface area contributed by atoms with Gasteiger partial charge >= 0.3 is 12.0 Å². The minimum Gasteiger partial charge on any atom is -0.452 e. The van der Waals surface area contributed by atoms with E-state index in [9.17, 15) is 23.6 Å². The molecular weight excluding hydrogens is 393 g/mol. The van der Waals surface area contributed by atoms with Gasteiger partial charge in [-0.15, -0.1) is 0 Å². The second kappa shape index (κ2) is 8.32. The molecule has 1 aliphatic heterocycles. The molecule has 4 amide bonds. The molecule has 1 saturated heterocycles. The molecule has 0 aliphatic carbocycles. The fourth-order valence-corrected chi connectivity index (χ4v) is 3.13. The summed E-state index contributed by atoms with van der Waals surface area (Å²) in [5.41, 5.74) is 1.72. The van der Waals surface area contributed by atoms with Gasteiger partial charge in [-0.05, 0) is 36.6 Å². The van der Waals surface area contributed by atoms with Crippen LogP contribution in [0, 0.1) is 12.7 Å². The molecule has 0 saturated carbocycles. The van der Waals surface area contributed by atoms with Crippen LogP contribution < -0.4 is 10.7 Å². The van der Waals surface area contributed by atoms with Crippen LogP contribution in [0.5, 0.6) is 0 Å². The van der Waals surface area contributed by atoms with Gasteiger partial charge in [0.15, 0.2) is 6.61 Å². The fraction of sp³-hybridized carbons (Fsp3) is 0.238. The molecule has 2 aromatic rings. The number of nitrogens with zero attached hydrogens (tertiary/aromatic N) is 1. The van der Waals surface area contributed by atoms with Crippen LogP contribution in [0.15, 0.2) is 48.5 Å². The summed E-state index contributed by atoms with van der Waals surface area (Å²) in [7, 11) is 0. The van der Waals surface area contributed by atoms with Crippen LogP contribution in [0.2, 0.25) is 0 Å². The molecule has 0 radical (unpaired) electrons. The van der Waals surface area contributed by atoms with Crippen LogP contribution in [0.4, 0.5) is 9.18 Å². The summed E-state index contributed by atoms with van der Waals surface area (Å²) < 4.78 is 18.4. The smallest absolute Gasteiger partial charge is 0.344 e. The molecule has 0 aromatic heterocycles. The van der Waals surface area contributed by atoms with E-state index in [-0.39, 0.29) is 12.0 Å². The number of amides is 4. The van der Waals surface area contributed by atoms with Crippen molar-refractivity contribution < 1.29 is 28.3 Å². The zero-order chi connectivity index (χ0) is 21.9. The maximum absolute atomic E-state index is 13.6. The summed E-state index contributed by atoms with van der Waals surface area (Å²) >= 11 is 0. The third kappa shape index (κ3) is 3.86. The lowest BCUT2D eigenvalue weighted by Crippen LogP contribution is -2.49. The van der Waals surface area contributed by atoms with E-state index in [0.717, 1.165) is 6.07 Å². The Morgan fingerprint density at radius 1 is 1.17 bits per heavy atom. The maximum atomic E-state index is 13.6. The van der Waals surface area contributed by atoms with E-state index in [4.69, 9.17) is 4.74 Å². The lowest BCUT2D eigenvalue weighted by Gasteiger charge is -2.25. The molecule has 8 nitrogen and oxygen atoms in total. The van der Waals surface area contributed by atoms with Gasteiger partial charge in [0, 0.05) is 0 Å². The van der Waals surface area contributed by atoms with Crippen molar-refractivity contribution >= 4 is 23.8 Å². The van der Waals surface area contributed by atoms with Gasteiger partial charge in [0.05, 0.1) is 5.56 Å². The van der Waals surface area contributed by atoms with E-state index in [1.165, 1.54) is 12.1 Å². The van der Waals surface area contributed by atoms with Crippen molar-refractivity contribution in [3.8, 4) is 0 Å². The average Bonchev–Trinajstić information content (AvgIpc) is 2.99. The lowest BCUT2D eigenvalue weighted by molar-refractivity contribution is -0.140. The molecule has 0 unspecified atom stereocenters. The third-order valence-electron chi connectivity index (χ3n) is 4.87. The Bertz CT molecular complexity index is 1010. The molecular formula is C21H20FN3O5. The molecule has 1 atom stereocenters. The van der Waals surface area contributed by atoms with Gasteiger partial charge in [-0.25, -0.2) is 14.0 Å². The molecule has 2 aromatic carbocycles. The van der Waals surface area contributed by atoms with E-state index in [2.05, 4.69) is 10.7 Å². The number of hydrogen-bond acceptors (Lipinski definition) is 5. The lowest BCUT2D eigenvalue weighted by atomic mass is 9.87. The number of imide groups is 1. The molecule has 1 heterocycles. The van der Waals surface area contributed by atoms with E-state index >= 15 is 0 Å². The molecule has 2 N–H and O–H groups in total. The molecule has 3 rings (SSSR count). The normalized spacial score (nSPS) is 18.2. The Balaban J connectivity index is 1.65.